The van der Waals surface area contributed by atoms with Gasteiger partial charge in [-0.25, -0.2) is 0 Å². The standard InChI is InChI=1S/C15H18N2OS/c1-2-16-14-8-4-3-7-13(14)15(18)17-10-9-12-6-5-11-19-12/h3-8,11,16H,2,9-10H2,1H3,(H,17,18). The zero-order valence-corrected chi connectivity index (χ0v) is 11.8. The van der Waals surface area contributed by atoms with Crippen LogP contribution in [-0.2, 0) is 6.42 Å². The summed E-state index contributed by atoms with van der Waals surface area (Å²) >= 11 is 1.72. The van der Waals surface area contributed by atoms with Crippen molar-refractivity contribution in [2.24, 2.45) is 0 Å². The highest BCUT2D eigenvalue weighted by molar-refractivity contribution is 7.09. The second-order valence-corrected chi connectivity index (χ2v) is 5.19. The van der Waals surface area contributed by atoms with Crippen molar-refractivity contribution in [2.75, 3.05) is 18.4 Å². The summed E-state index contributed by atoms with van der Waals surface area (Å²) in [6.07, 6.45) is 0.882. The first-order chi connectivity index (χ1) is 9.31. The van der Waals surface area contributed by atoms with E-state index in [-0.39, 0.29) is 5.91 Å². The normalized spacial score (nSPS) is 10.2. The fourth-order valence-corrected chi connectivity index (χ4v) is 2.58. The fourth-order valence-electron chi connectivity index (χ4n) is 1.88. The van der Waals surface area contributed by atoms with Gasteiger partial charge in [0.15, 0.2) is 0 Å². The summed E-state index contributed by atoms with van der Waals surface area (Å²) in [6, 6.07) is 11.7. The lowest BCUT2D eigenvalue weighted by Gasteiger charge is -2.10. The Hall–Kier alpha value is -1.81. The van der Waals surface area contributed by atoms with Gasteiger partial charge in [-0.05, 0) is 36.9 Å². The molecule has 19 heavy (non-hydrogen) atoms. The van der Waals surface area contributed by atoms with E-state index in [1.807, 2.05) is 37.3 Å². The van der Waals surface area contributed by atoms with Crippen molar-refractivity contribution in [1.29, 1.82) is 0 Å². The topological polar surface area (TPSA) is 41.1 Å². The SMILES string of the molecule is CCNc1ccccc1C(=O)NCCc1cccs1. The molecule has 0 saturated heterocycles. The number of carbonyl (C=O) groups excluding carboxylic acids is 1. The summed E-state index contributed by atoms with van der Waals surface area (Å²) in [5.41, 5.74) is 1.59. The van der Waals surface area contributed by atoms with E-state index in [2.05, 4.69) is 22.1 Å². The molecule has 0 aliphatic carbocycles. The molecule has 100 valence electrons. The molecular weight excluding hydrogens is 256 g/mol. The first-order valence-corrected chi connectivity index (χ1v) is 7.32. The van der Waals surface area contributed by atoms with E-state index in [1.165, 1.54) is 4.88 Å². The minimum atomic E-state index is -0.0203. The zero-order valence-electron chi connectivity index (χ0n) is 11.0. The molecule has 2 aromatic rings. The van der Waals surface area contributed by atoms with Crippen molar-refractivity contribution >= 4 is 22.9 Å². The molecule has 0 aliphatic heterocycles. The number of nitrogens with one attached hydrogen (secondary N) is 2. The summed E-state index contributed by atoms with van der Waals surface area (Å²) in [7, 11) is 0. The number of carbonyl (C=O) groups is 1. The van der Waals surface area contributed by atoms with Gasteiger partial charge in [0.2, 0.25) is 0 Å². The second-order valence-electron chi connectivity index (χ2n) is 4.16. The Bertz CT molecular complexity index is 523. The third-order valence-electron chi connectivity index (χ3n) is 2.78. The highest BCUT2D eigenvalue weighted by Gasteiger charge is 2.09. The molecular formula is C15H18N2OS. The maximum atomic E-state index is 12.1. The van der Waals surface area contributed by atoms with Crippen molar-refractivity contribution in [3.05, 3.63) is 52.2 Å². The third-order valence-corrected chi connectivity index (χ3v) is 3.71. The molecule has 0 aliphatic rings. The lowest BCUT2D eigenvalue weighted by Crippen LogP contribution is -2.26. The van der Waals surface area contributed by atoms with Crippen LogP contribution in [0.5, 0.6) is 0 Å². The molecule has 0 atom stereocenters. The highest BCUT2D eigenvalue weighted by Crippen LogP contribution is 2.14. The smallest absolute Gasteiger partial charge is 0.253 e. The quantitative estimate of drug-likeness (QED) is 0.849. The van der Waals surface area contributed by atoms with Crippen LogP contribution in [0.2, 0.25) is 0 Å². The molecule has 0 fully saturated rings. The summed E-state index contributed by atoms with van der Waals surface area (Å²) in [5.74, 6) is -0.0203. The van der Waals surface area contributed by atoms with E-state index in [9.17, 15) is 4.79 Å². The van der Waals surface area contributed by atoms with Gasteiger partial charge in [-0.15, -0.1) is 11.3 Å². The summed E-state index contributed by atoms with van der Waals surface area (Å²) in [6.45, 7) is 3.49. The van der Waals surface area contributed by atoms with Crippen molar-refractivity contribution in [1.82, 2.24) is 5.32 Å². The van der Waals surface area contributed by atoms with Gasteiger partial charge >= 0.3 is 0 Å². The van der Waals surface area contributed by atoms with Crippen LogP contribution in [0.15, 0.2) is 41.8 Å². The first kappa shape index (κ1) is 13.6. The van der Waals surface area contributed by atoms with Gasteiger partial charge in [0.05, 0.1) is 5.56 Å². The second kappa shape index (κ2) is 6.95. The van der Waals surface area contributed by atoms with Crippen LogP contribution in [0, 0.1) is 0 Å². The van der Waals surface area contributed by atoms with Gasteiger partial charge < -0.3 is 10.6 Å². The maximum Gasteiger partial charge on any atom is 0.253 e. The van der Waals surface area contributed by atoms with Crippen LogP contribution in [0.3, 0.4) is 0 Å². The number of benzene rings is 1. The van der Waals surface area contributed by atoms with E-state index in [0.29, 0.717) is 12.1 Å². The van der Waals surface area contributed by atoms with Crippen molar-refractivity contribution in [3.63, 3.8) is 0 Å². The van der Waals surface area contributed by atoms with Gasteiger partial charge in [0.1, 0.15) is 0 Å². The lowest BCUT2D eigenvalue weighted by molar-refractivity contribution is 0.0955. The number of anilines is 1. The van der Waals surface area contributed by atoms with E-state index in [1.54, 1.807) is 11.3 Å². The molecule has 1 aromatic carbocycles. The van der Waals surface area contributed by atoms with Crippen molar-refractivity contribution in [3.8, 4) is 0 Å². The van der Waals surface area contributed by atoms with Gasteiger partial charge in [-0.2, -0.15) is 0 Å². The molecule has 1 heterocycles. The predicted octanol–water partition coefficient (Wildman–Crippen LogP) is 3.15. The Kier molecular flexibility index (Phi) is 4.98. The lowest BCUT2D eigenvalue weighted by atomic mass is 10.1. The summed E-state index contributed by atoms with van der Waals surface area (Å²) < 4.78 is 0. The molecule has 0 unspecified atom stereocenters. The number of para-hydroxylation sites is 1. The molecule has 3 nitrogen and oxygen atoms in total. The van der Waals surface area contributed by atoms with Crippen LogP contribution in [0.25, 0.3) is 0 Å². The van der Waals surface area contributed by atoms with Crippen LogP contribution in [-0.4, -0.2) is 19.0 Å². The zero-order chi connectivity index (χ0) is 13.5. The van der Waals surface area contributed by atoms with Crippen LogP contribution in [0.1, 0.15) is 22.2 Å². The number of hydrogen-bond donors (Lipinski definition) is 2. The molecule has 4 heteroatoms. The molecule has 2 rings (SSSR count). The molecule has 0 bridgehead atoms. The largest absolute Gasteiger partial charge is 0.385 e. The van der Waals surface area contributed by atoms with Crippen molar-refractivity contribution in [2.45, 2.75) is 13.3 Å². The number of rotatable bonds is 6. The van der Waals surface area contributed by atoms with E-state index in [4.69, 9.17) is 0 Å². The monoisotopic (exact) mass is 274 g/mol. The van der Waals surface area contributed by atoms with Crippen LogP contribution >= 0.6 is 11.3 Å². The van der Waals surface area contributed by atoms with Crippen molar-refractivity contribution < 1.29 is 4.79 Å². The number of thiophene rings is 1. The number of hydrogen-bond acceptors (Lipinski definition) is 3. The fraction of sp³-hybridized carbons (Fsp3) is 0.267. The molecule has 0 spiro atoms. The Balaban J connectivity index is 1.92. The minimum Gasteiger partial charge on any atom is -0.385 e. The molecule has 0 radical (unpaired) electrons. The van der Waals surface area contributed by atoms with Gasteiger partial charge in [-0.3, -0.25) is 4.79 Å². The molecule has 0 saturated carbocycles. The molecule has 2 N–H and O–H groups in total. The Morgan fingerprint density at radius 2 is 2.05 bits per heavy atom. The maximum absolute atomic E-state index is 12.1. The Morgan fingerprint density at radius 3 is 2.79 bits per heavy atom. The minimum absolute atomic E-state index is 0.0203. The van der Waals surface area contributed by atoms with Crippen LogP contribution in [0.4, 0.5) is 5.69 Å². The first-order valence-electron chi connectivity index (χ1n) is 6.44. The molecule has 1 aromatic heterocycles. The third kappa shape index (κ3) is 3.83. The van der Waals surface area contributed by atoms with Gasteiger partial charge in [0.25, 0.3) is 5.91 Å². The average molecular weight is 274 g/mol. The van der Waals surface area contributed by atoms with Gasteiger partial charge in [-0.1, -0.05) is 18.2 Å². The summed E-state index contributed by atoms with van der Waals surface area (Å²) in [4.78, 5) is 13.4. The van der Waals surface area contributed by atoms with E-state index >= 15 is 0 Å². The van der Waals surface area contributed by atoms with E-state index in [0.717, 1.165) is 18.7 Å². The Morgan fingerprint density at radius 1 is 1.21 bits per heavy atom. The average Bonchev–Trinajstić information content (AvgIpc) is 2.93. The Labute approximate surface area is 117 Å². The highest BCUT2D eigenvalue weighted by atomic mass is 32.1. The molecule has 1 amide bonds. The van der Waals surface area contributed by atoms with Gasteiger partial charge in [0, 0.05) is 23.7 Å². The van der Waals surface area contributed by atoms with Crippen LogP contribution < -0.4 is 10.6 Å². The number of amides is 1. The summed E-state index contributed by atoms with van der Waals surface area (Å²) in [5, 5.41) is 8.22. The van der Waals surface area contributed by atoms with E-state index < -0.39 is 0 Å². The predicted molar refractivity (Wildman–Crippen MR) is 81.0 cm³/mol.